The van der Waals surface area contributed by atoms with Gasteiger partial charge in [0.15, 0.2) is 0 Å². The van der Waals surface area contributed by atoms with Gasteiger partial charge in [0.2, 0.25) is 5.91 Å². The summed E-state index contributed by atoms with van der Waals surface area (Å²) in [6, 6.07) is 7.39. The smallest absolute Gasteiger partial charge is 0.319 e. The minimum Gasteiger partial charge on any atom is -0.468 e. The first kappa shape index (κ1) is 15.3. The zero-order valence-corrected chi connectivity index (χ0v) is 12.2. The molecule has 1 aliphatic heterocycles. The Balaban J connectivity index is 1.82. The van der Waals surface area contributed by atoms with E-state index in [0.29, 0.717) is 38.3 Å². The average molecular weight is 291 g/mol. The number of methoxy groups -OCH3 is 1. The van der Waals surface area contributed by atoms with Gasteiger partial charge in [-0.15, -0.1) is 0 Å². The monoisotopic (exact) mass is 291 g/mol. The summed E-state index contributed by atoms with van der Waals surface area (Å²) in [5.74, 6) is -0.146. The third-order valence-electron chi connectivity index (χ3n) is 3.61. The lowest BCUT2D eigenvalue weighted by Crippen LogP contribution is -2.50. The Morgan fingerprint density at radius 2 is 1.95 bits per heavy atom. The fourth-order valence-corrected chi connectivity index (χ4v) is 2.39. The van der Waals surface area contributed by atoms with E-state index in [4.69, 9.17) is 5.73 Å². The number of ether oxygens (including phenoxy) is 1. The molecule has 21 heavy (non-hydrogen) atoms. The lowest BCUT2D eigenvalue weighted by Gasteiger charge is -2.34. The van der Waals surface area contributed by atoms with E-state index in [-0.39, 0.29) is 18.4 Å². The first-order chi connectivity index (χ1) is 10.1. The van der Waals surface area contributed by atoms with Crippen molar-refractivity contribution >= 4 is 17.6 Å². The van der Waals surface area contributed by atoms with E-state index in [9.17, 15) is 9.59 Å². The van der Waals surface area contributed by atoms with Crippen molar-refractivity contribution in [2.24, 2.45) is 0 Å². The number of hydrogen-bond acceptors (Lipinski definition) is 5. The van der Waals surface area contributed by atoms with Crippen molar-refractivity contribution in [3.05, 3.63) is 29.8 Å². The quantitative estimate of drug-likeness (QED) is 0.630. The van der Waals surface area contributed by atoms with Crippen LogP contribution in [-0.2, 0) is 20.7 Å². The third kappa shape index (κ3) is 4.46. The maximum absolute atomic E-state index is 12.2. The van der Waals surface area contributed by atoms with Gasteiger partial charge in [0.25, 0.3) is 0 Å². The van der Waals surface area contributed by atoms with Crippen molar-refractivity contribution in [3.8, 4) is 0 Å². The molecule has 0 bridgehead atoms. The SMILES string of the molecule is COC(=O)CN1CCN(C(=O)Cc2cccc(N)c2)CC1. The predicted octanol–water partition coefficient (Wildman–Crippen LogP) is 0.129. The van der Waals surface area contributed by atoms with Crippen LogP contribution in [0, 0.1) is 0 Å². The second-order valence-electron chi connectivity index (χ2n) is 5.15. The summed E-state index contributed by atoms with van der Waals surface area (Å²) in [6.07, 6.45) is 0.363. The number of nitrogens with two attached hydrogens (primary N) is 1. The molecule has 1 heterocycles. The molecule has 6 heteroatoms. The van der Waals surface area contributed by atoms with Crippen LogP contribution in [0.2, 0.25) is 0 Å². The highest BCUT2D eigenvalue weighted by Crippen LogP contribution is 2.10. The number of anilines is 1. The van der Waals surface area contributed by atoms with Crippen LogP contribution in [-0.4, -0.2) is 61.5 Å². The second-order valence-corrected chi connectivity index (χ2v) is 5.15. The standard InChI is InChI=1S/C15H21N3O3/c1-21-15(20)11-17-5-7-18(8-6-17)14(19)10-12-3-2-4-13(16)9-12/h2-4,9H,5-8,10-11,16H2,1H3. The van der Waals surface area contributed by atoms with Gasteiger partial charge in [-0.25, -0.2) is 0 Å². The Hall–Kier alpha value is -2.08. The van der Waals surface area contributed by atoms with E-state index in [2.05, 4.69) is 4.74 Å². The summed E-state index contributed by atoms with van der Waals surface area (Å²) in [5, 5.41) is 0. The summed E-state index contributed by atoms with van der Waals surface area (Å²) in [4.78, 5) is 27.3. The van der Waals surface area contributed by atoms with Gasteiger partial charge in [0, 0.05) is 31.9 Å². The Labute approximate surface area is 124 Å². The molecule has 0 aromatic heterocycles. The zero-order valence-electron chi connectivity index (χ0n) is 12.2. The maximum Gasteiger partial charge on any atom is 0.319 e. The summed E-state index contributed by atoms with van der Waals surface area (Å²) >= 11 is 0. The lowest BCUT2D eigenvalue weighted by atomic mass is 10.1. The third-order valence-corrected chi connectivity index (χ3v) is 3.61. The molecule has 1 fully saturated rings. The molecule has 2 rings (SSSR count). The highest BCUT2D eigenvalue weighted by molar-refractivity contribution is 5.79. The van der Waals surface area contributed by atoms with Crippen molar-refractivity contribution in [2.45, 2.75) is 6.42 Å². The fraction of sp³-hybridized carbons (Fsp3) is 0.467. The molecular formula is C15H21N3O3. The molecule has 1 aliphatic rings. The van der Waals surface area contributed by atoms with Gasteiger partial charge >= 0.3 is 5.97 Å². The number of piperazine rings is 1. The molecule has 1 aromatic rings. The molecule has 114 valence electrons. The number of nitrogens with zero attached hydrogens (tertiary/aromatic N) is 2. The van der Waals surface area contributed by atoms with Crippen LogP contribution in [0.15, 0.2) is 24.3 Å². The molecule has 0 radical (unpaired) electrons. The topological polar surface area (TPSA) is 75.9 Å². The minimum absolute atomic E-state index is 0.0957. The number of rotatable bonds is 4. The van der Waals surface area contributed by atoms with Crippen LogP contribution >= 0.6 is 0 Å². The van der Waals surface area contributed by atoms with Gasteiger partial charge in [-0.3, -0.25) is 14.5 Å². The average Bonchev–Trinajstić information content (AvgIpc) is 2.47. The van der Waals surface area contributed by atoms with Crippen molar-refractivity contribution < 1.29 is 14.3 Å². The van der Waals surface area contributed by atoms with Crippen LogP contribution in [0.5, 0.6) is 0 Å². The van der Waals surface area contributed by atoms with Crippen molar-refractivity contribution in [2.75, 3.05) is 45.6 Å². The molecule has 1 amide bonds. The molecule has 1 aromatic carbocycles. The van der Waals surface area contributed by atoms with E-state index in [1.54, 1.807) is 6.07 Å². The summed E-state index contributed by atoms with van der Waals surface area (Å²) in [5.41, 5.74) is 7.31. The first-order valence-electron chi connectivity index (χ1n) is 7.00. The molecule has 0 atom stereocenters. The largest absolute Gasteiger partial charge is 0.468 e. The molecule has 0 aliphatic carbocycles. The molecule has 0 unspecified atom stereocenters. The van der Waals surface area contributed by atoms with Gasteiger partial charge < -0.3 is 15.4 Å². The highest BCUT2D eigenvalue weighted by Gasteiger charge is 2.22. The maximum atomic E-state index is 12.2. The number of carbonyl (C=O) groups excluding carboxylic acids is 2. The van der Waals surface area contributed by atoms with Gasteiger partial charge in [-0.05, 0) is 17.7 Å². The van der Waals surface area contributed by atoms with Crippen LogP contribution in [0.3, 0.4) is 0 Å². The number of hydrogen-bond donors (Lipinski definition) is 1. The highest BCUT2D eigenvalue weighted by atomic mass is 16.5. The summed E-state index contributed by atoms with van der Waals surface area (Å²) in [6.45, 7) is 2.94. The lowest BCUT2D eigenvalue weighted by molar-refractivity contribution is -0.142. The van der Waals surface area contributed by atoms with Crippen molar-refractivity contribution in [3.63, 3.8) is 0 Å². The van der Waals surface area contributed by atoms with E-state index in [1.807, 2.05) is 28.0 Å². The zero-order chi connectivity index (χ0) is 15.2. The van der Waals surface area contributed by atoms with E-state index >= 15 is 0 Å². The van der Waals surface area contributed by atoms with Crippen molar-refractivity contribution in [1.29, 1.82) is 0 Å². The fourth-order valence-electron chi connectivity index (χ4n) is 2.39. The Morgan fingerprint density at radius 1 is 1.24 bits per heavy atom. The Kier molecular flexibility index (Phi) is 5.16. The van der Waals surface area contributed by atoms with Crippen LogP contribution in [0.1, 0.15) is 5.56 Å². The summed E-state index contributed by atoms with van der Waals surface area (Å²) in [7, 11) is 1.38. The number of carbonyl (C=O) groups is 2. The first-order valence-corrected chi connectivity index (χ1v) is 7.00. The minimum atomic E-state index is -0.241. The molecule has 1 saturated heterocycles. The van der Waals surface area contributed by atoms with Crippen LogP contribution in [0.4, 0.5) is 5.69 Å². The molecule has 6 nitrogen and oxygen atoms in total. The van der Waals surface area contributed by atoms with Gasteiger partial charge in [-0.1, -0.05) is 12.1 Å². The molecule has 2 N–H and O–H groups in total. The van der Waals surface area contributed by atoms with E-state index in [0.717, 1.165) is 5.56 Å². The molecule has 0 saturated carbocycles. The van der Waals surface area contributed by atoms with Gasteiger partial charge in [0.1, 0.15) is 0 Å². The molecule has 0 spiro atoms. The normalized spacial score (nSPS) is 15.8. The Morgan fingerprint density at radius 3 is 2.57 bits per heavy atom. The van der Waals surface area contributed by atoms with E-state index in [1.165, 1.54) is 7.11 Å². The molecular weight excluding hydrogens is 270 g/mol. The van der Waals surface area contributed by atoms with Gasteiger partial charge in [0.05, 0.1) is 20.1 Å². The summed E-state index contributed by atoms with van der Waals surface area (Å²) < 4.78 is 4.64. The second kappa shape index (κ2) is 7.08. The number of esters is 1. The van der Waals surface area contributed by atoms with E-state index < -0.39 is 0 Å². The predicted molar refractivity (Wildman–Crippen MR) is 79.6 cm³/mol. The number of benzene rings is 1. The van der Waals surface area contributed by atoms with Gasteiger partial charge in [-0.2, -0.15) is 0 Å². The van der Waals surface area contributed by atoms with Crippen LogP contribution < -0.4 is 5.73 Å². The number of amides is 1. The number of nitrogen functional groups attached to an aromatic ring is 1. The van der Waals surface area contributed by atoms with Crippen LogP contribution in [0.25, 0.3) is 0 Å². The Bertz CT molecular complexity index is 511. The van der Waals surface area contributed by atoms with Crippen molar-refractivity contribution in [1.82, 2.24) is 9.80 Å².